The van der Waals surface area contributed by atoms with Gasteiger partial charge in [0.2, 0.25) is 0 Å². The summed E-state index contributed by atoms with van der Waals surface area (Å²) in [5.41, 5.74) is 2.34. The minimum Gasteiger partial charge on any atom is -0.376 e. The lowest BCUT2D eigenvalue weighted by atomic mass is 9.82. The van der Waals surface area contributed by atoms with Crippen LogP contribution >= 0.6 is 0 Å². The maximum atomic E-state index is 11.8. The molecule has 0 atom stereocenters. The number of aromatic nitrogens is 2. The van der Waals surface area contributed by atoms with Crippen LogP contribution in [-0.4, -0.2) is 14.9 Å². The van der Waals surface area contributed by atoms with Gasteiger partial charge in [0, 0.05) is 11.8 Å². The van der Waals surface area contributed by atoms with Gasteiger partial charge in [0.05, 0.1) is 12.7 Å². The van der Waals surface area contributed by atoms with Crippen molar-refractivity contribution < 1.29 is 5.11 Å². The molecule has 3 aromatic carbocycles. The van der Waals surface area contributed by atoms with Crippen molar-refractivity contribution in [3.63, 3.8) is 0 Å². The Bertz CT molecular complexity index is 923. The summed E-state index contributed by atoms with van der Waals surface area (Å²) in [6.07, 6.45) is 3.68. The Balaban J connectivity index is 1.76. The van der Waals surface area contributed by atoms with Gasteiger partial charge < -0.3 is 5.11 Å². The van der Waals surface area contributed by atoms with Crippen molar-refractivity contribution in [2.24, 2.45) is 0 Å². The van der Waals surface area contributed by atoms with Gasteiger partial charge >= 0.3 is 0 Å². The molecule has 0 saturated carbocycles. The third kappa shape index (κ3) is 3.05. The topological polar surface area (TPSA) is 38.1 Å². The summed E-state index contributed by atoms with van der Waals surface area (Å²) >= 11 is 0. The van der Waals surface area contributed by atoms with Gasteiger partial charge in [-0.2, -0.15) is 5.10 Å². The Morgan fingerprint density at radius 3 is 1.73 bits per heavy atom. The second-order valence-electron chi connectivity index (χ2n) is 6.35. The fourth-order valence-corrected chi connectivity index (χ4v) is 3.27. The second-order valence-corrected chi connectivity index (χ2v) is 6.35. The standard InChI is InChI=1S/C23H20N2O/c26-23(20-12-6-2-7-13-20,21-14-8-3-9-15-21)22-16-24-25(18-22)17-19-10-4-1-5-11-19/h1-16,18,26H,17H2. The highest BCUT2D eigenvalue weighted by Crippen LogP contribution is 2.36. The Morgan fingerprint density at radius 1 is 0.692 bits per heavy atom. The second kappa shape index (κ2) is 6.98. The number of rotatable bonds is 5. The molecule has 1 aromatic heterocycles. The van der Waals surface area contributed by atoms with Crippen LogP contribution in [0.25, 0.3) is 0 Å². The lowest BCUT2D eigenvalue weighted by molar-refractivity contribution is 0.125. The van der Waals surface area contributed by atoms with Crippen molar-refractivity contribution in [3.8, 4) is 0 Å². The summed E-state index contributed by atoms with van der Waals surface area (Å²) in [5, 5.41) is 16.2. The maximum absolute atomic E-state index is 11.8. The number of nitrogens with zero attached hydrogens (tertiary/aromatic N) is 2. The van der Waals surface area contributed by atoms with Crippen LogP contribution in [0.5, 0.6) is 0 Å². The fraction of sp³-hybridized carbons (Fsp3) is 0.0870. The van der Waals surface area contributed by atoms with Crippen LogP contribution in [-0.2, 0) is 12.1 Å². The molecule has 1 heterocycles. The van der Waals surface area contributed by atoms with E-state index in [0.717, 1.165) is 16.7 Å². The van der Waals surface area contributed by atoms with Crippen LogP contribution in [0.1, 0.15) is 22.3 Å². The molecule has 3 nitrogen and oxygen atoms in total. The Morgan fingerprint density at radius 2 is 1.19 bits per heavy atom. The normalized spacial score (nSPS) is 11.4. The Kier molecular flexibility index (Phi) is 4.38. The molecule has 0 unspecified atom stereocenters. The molecular formula is C23H20N2O. The smallest absolute Gasteiger partial charge is 0.143 e. The monoisotopic (exact) mass is 340 g/mol. The fourth-order valence-electron chi connectivity index (χ4n) is 3.27. The zero-order chi connectivity index (χ0) is 17.8. The number of hydrogen-bond acceptors (Lipinski definition) is 2. The van der Waals surface area contributed by atoms with Crippen molar-refractivity contribution in [2.45, 2.75) is 12.1 Å². The van der Waals surface area contributed by atoms with Crippen molar-refractivity contribution in [2.75, 3.05) is 0 Å². The van der Waals surface area contributed by atoms with Crippen LogP contribution in [0.4, 0.5) is 0 Å². The highest BCUT2D eigenvalue weighted by atomic mass is 16.3. The van der Waals surface area contributed by atoms with Crippen molar-refractivity contribution >= 4 is 0 Å². The van der Waals surface area contributed by atoms with E-state index >= 15 is 0 Å². The molecule has 0 spiro atoms. The molecule has 0 aliphatic heterocycles. The molecule has 1 N–H and O–H groups in total. The van der Waals surface area contributed by atoms with Crippen LogP contribution in [0.2, 0.25) is 0 Å². The Hall–Kier alpha value is -3.17. The molecule has 4 rings (SSSR count). The minimum atomic E-state index is -1.24. The van der Waals surface area contributed by atoms with Gasteiger partial charge in [-0.1, -0.05) is 91.0 Å². The zero-order valence-corrected chi connectivity index (χ0v) is 14.4. The van der Waals surface area contributed by atoms with E-state index in [9.17, 15) is 5.11 Å². The molecule has 0 bridgehead atoms. The molecule has 0 fully saturated rings. The largest absolute Gasteiger partial charge is 0.376 e. The maximum Gasteiger partial charge on any atom is 0.143 e. The number of benzene rings is 3. The van der Waals surface area contributed by atoms with Gasteiger partial charge in [-0.05, 0) is 16.7 Å². The van der Waals surface area contributed by atoms with E-state index in [4.69, 9.17) is 0 Å². The zero-order valence-electron chi connectivity index (χ0n) is 14.4. The summed E-state index contributed by atoms with van der Waals surface area (Å²) in [6, 6.07) is 29.6. The Labute approximate surface area is 153 Å². The summed E-state index contributed by atoms with van der Waals surface area (Å²) in [6.45, 7) is 0.667. The van der Waals surface area contributed by atoms with Crippen molar-refractivity contribution in [3.05, 3.63) is 126 Å². The van der Waals surface area contributed by atoms with E-state index in [1.165, 1.54) is 5.56 Å². The van der Waals surface area contributed by atoms with Crippen LogP contribution in [0.3, 0.4) is 0 Å². The van der Waals surface area contributed by atoms with Gasteiger partial charge in [-0.3, -0.25) is 4.68 Å². The molecule has 0 amide bonds. The van der Waals surface area contributed by atoms with Crippen molar-refractivity contribution in [1.82, 2.24) is 9.78 Å². The third-order valence-corrected chi connectivity index (χ3v) is 4.62. The van der Waals surface area contributed by atoms with Gasteiger partial charge in [-0.15, -0.1) is 0 Å². The first kappa shape index (κ1) is 16.3. The molecule has 128 valence electrons. The van der Waals surface area contributed by atoms with E-state index in [1.807, 2.05) is 89.7 Å². The van der Waals surface area contributed by atoms with E-state index in [0.29, 0.717) is 6.54 Å². The van der Waals surface area contributed by atoms with Crippen LogP contribution in [0.15, 0.2) is 103 Å². The van der Waals surface area contributed by atoms with Gasteiger partial charge in [0.25, 0.3) is 0 Å². The van der Waals surface area contributed by atoms with Gasteiger partial charge in [0.15, 0.2) is 0 Å². The highest BCUT2D eigenvalue weighted by molar-refractivity contribution is 5.45. The summed E-state index contributed by atoms with van der Waals surface area (Å²) in [5.74, 6) is 0. The summed E-state index contributed by atoms with van der Waals surface area (Å²) < 4.78 is 1.86. The number of hydrogen-bond donors (Lipinski definition) is 1. The van der Waals surface area contributed by atoms with Gasteiger partial charge in [-0.25, -0.2) is 0 Å². The molecule has 0 aliphatic rings. The molecule has 3 heteroatoms. The quantitative estimate of drug-likeness (QED) is 0.591. The molecule has 26 heavy (non-hydrogen) atoms. The molecule has 0 saturated heterocycles. The SMILES string of the molecule is OC(c1ccccc1)(c1ccccc1)c1cnn(Cc2ccccc2)c1. The van der Waals surface area contributed by atoms with Gasteiger partial charge in [0.1, 0.15) is 5.60 Å². The molecule has 0 radical (unpaired) electrons. The lowest BCUT2D eigenvalue weighted by Gasteiger charge is -2.28. The van der Waals surface area contributed by atoms with E-state index in [2.05, 4.69) is 17.2 Å². The molecular weight excluding hydrogens is 320 g/mol. The predicted molar refractivity (Wildman–Crippen MR) is 103 cm³/mol. The minimum absolute atomic E-state index is 0.667. The lowest BCUT2D eigenvalue weighted by Crippen LogP contribution is -2.28. The average molecular weight is 340 g/mol. The first-order valence-corrected chi connectivity index (χ1v) is 8.67. The summed E-state index contributed by atoms with van der Waals surface area (Å²) in [7, 11) is 0. The van der Waals surface area contributed by atoms with Crippen LogP contribution < -0.4 is 0 Å². The van der Waals surface area contributed by atoms with E-state index < -0.39 is 5.60 Å². The summed E-state index contributed by atoms with van der Waals surface area (Å²) in [4.78, 5) is 0. The van der Waals surface area contributed by atoms with Crippen LogP contribution in [0, 0.1) is 0 Å². The first-order chi connectivity index (χ1) is 12.8. The molecule has 4 aromatic rings. The van der Waals surface area contributed by atoms with E-state index in [-0.39, 0.29) is 0 Å². The molecule has 0 aliphatic carbocycles. The average Bonchev–Trinajstić information content (AvgIpc) is 3.18. The number of aliphatic hydroxyl groups is 1. The predicted octanol–water partition coefficient (Wildman–Crippen LogP) is 4.22. The highest BCUT2D eigenvalue weighted by Gasteiger charge is 2.34. The van der Waals surface area contributed by atoms with Crippen molar-refractivity contribution in [1.29, 1.82) is 0 Å². The van der Waals surface area contributed by atoms with E-state index in [1.54, 1.807) is 6.20 Å². The first-order valence-electron chi connectivity index (χ1n) is 8.67. The third-order valence-electron chi connectivity index (χ3n) is 4.62.